The van der Waals surface area contributed by atoms with E-state index in [9.17, 15) is 8.42 Å². The van der Waals surface area contributed by atoms with Gasteiger partial charge in [-0.1, -0.05) is 13.8 Å². The number of furan rings is 1. The average molecular weight is 261 g/mol. The van der Waals surface area contributed by atoms with Crippen LogP contribution in [-0.2, 0) is 9.05 Å². The molecule has 16 heavy (non-hydrogen) atoms. The van der Waals surface area contributed by atoms with Gasteiger partial charge in [-0.25, -0.2) is 8.42 Å². The van der Waals surface area contributed by atoms with Gasteiger partial charge in [0.05, 0.1) is 11.2 Å². The van der Waals surface area contributed by atoms with Crippen LogP contribution >= 0.6 is 10.7 Å². The van der Waals surface area contributed by atoms with Crippen molar-refractivity contribution in [2.75, 3.05) is 0 Å². The zero-order valence-electron chi connectivity index (χ0n) is 9.32. The second-order valence-corrected chi connectivity index (χ2v) is 5.58. The van der Waals surface area contributed by atoms with Gasteiger partial charge in [-0.05, 0) is 30.7 Å². The van der Waals surface area contributed by atoms with Gasteiger partial charge in [0.2, 0.25) is 0 Å². The molecular formula is C11H13ClO3S. The predicted molar refractivity (Wildman–Crippen MR) is 65.3 cm³/mol. The molecule has 0 unspecified atom stereocenters. The topological polar surface area (TPSA) is 47.3 Å². The number of hydrogen-bond donors (Lipinski definition) is 0. The quantitative estimate of drug-likeness (QED) is 0.735. The van der Waals surface area contributed by atoms with E-state index in [4.69, 9.17) is 15.1 Å². The lowest BCUT2D eigenvalue weighted by molar-refractivity contribution is 0.608. The molecule has 0 saturated carbocycles. The number of halogens is 1. The average Bonchev–Trinajstić information content (AvgIpc) is 2.68. The maximum absolute atomic E-state index is 11.1. The fourth-order valence-corrected chi connectivity index (χ4v) is 2.22. The molecule has 5 heteroatoms. The summed E-state index contributed by atoms with van der Waals surface area (Å²) in [5, 5.41) is 0.740. The second kappa shape index (κ2) is 4.89. The Bertz CT molecular complexity index is 584. The Morgan fingerprint density at radius 1 is 1.25 bits per heavy atom. The summed E-state index contributed by atoms with van der Waals surface area (Å²) in [6.45, 7) is 5.78. The molecule has 0 bridgehead atoms. The Kier molecular flexibility index (Phi) is 3.99. The molecule has 0 fully saturated rings. The van der Waals surface area contributed by atoms with Crippen LogP contribution in [-0.4, -0.2) is 8.42 Å². The number of aryl methyl sites for hydroxylation is 1. The van der Waals surface area contributed by atoms with Crippen LogP contribution in [0.2, 0.25) is 0 Å². The molecule has 1 heterocycles. The molecule has 2 rings (SSSR count). The normalized spacial score (nSPS) is 11.0. The summed E-state index contributed by atoms with van der Waals surface area (Å²) < 4.78 is 27.3. The van der Waals surface area contributed by atoms with E-state index in [0.717, 1.165) is 10.9 Å². The molecule has 0 saturated heterocycles. The van der Waals surface area contributed by atoms with Gasteiger partial charge in [-0.2, -0.15) is 0 Å². The van der Waals surface area contributed by atoms with Crippen LogP contribution in [0.5, 0.6) is 0 Å². The molecule has 0 spiro atoms. The number of fused-ring (bicyclic) bond motifs is 1. The molecule has 0 aliphatic carbocycles. The minimum absolute atomic E-state index is 0.102. The van der Waals surface area contributed by atoms with Gasteiger partial charge in [0, 0.05) is 16.1 Å². The van der Waals surface area contributed by atoms with Gasteiger partial charge in [0.15, 0.2) is 0 Å². The van der Waals surface area contributed by atoms with E-state index >= 15 is 0 Å². The summed E-state index contributed by atoms with van der Waals surface area (Å²) in [5.74, 6) is 0. The summed E-state index contributed by atoms with van der Waals surface area (Å²) in [6.07, 6.45) is 1.52. The van der Waals surface area contributed by atoms with E-state index in [1.54, 1.807) is 13.0 Å². The first-order valence-corrected chi connectivity index (χ1v) is 7.22. The molecule has 0 atom stereocenters. The highest BCUT2D eigenvalue weighted by Gasteiger charge is 2.13. The molecule has 1 aromatic carbocycles. The fourth-order valence-electron chi connectivity index (χ4n) is 1.37. The first-order valence-electron chi connectivity index (χ1n) is 4.91. The lowest BCUT2D eigenvalue weighted by Gasteiger charge is -1.99. The monoisotopic (exact) mass is 260 g/mol. The van der Waals surface area contributed by atoms with Crippen molar-refractivity contribution in [3.05, 3.63) is 30.0 Å². The van der Waals surface area contributed by atoms with Crippen LogP contribution in [0.4, 0.5) is 0 Å². The molecule has 0 radical (unpaired) electrons. The molecule has 0 aliphatic rings. The van der Waals surface area contributed by atoms with Crippen molar-refractivity contribution in [3.63, 3.8) is 0 Å². The summed E-state index contributed by atoms with van der Waals surface area (Å²) in [6, 6.07) is 4.69. The van der Waals surface area contributed by atoms with Crippen molar-refractivity contribution >= 4 is 30.7 Å². The second-order valence-electron chi connectivity index (χ2n) is 3.02. The summed E-state index contributed by atoms with van der Waals surface area (Å²) in [7, 11) is 1.58. The first kappa shape index (κ1) is 13.1. The molecule has 2 aromatic rings. The molecule has 0 aliphatic heterocycles. The Hall–Kier alpha value is -1.00. The molecule has 0 N–H and O–H groups in total. The Balaban J connectivity index is 0.000000606. The lowest BCUT2D eigenvalue weighted by atomic mass is 10.2. The zero-order valence-corrected chi connectivity index (χ0v) is 10.9. The molecule has 88 valence electrons. The van der Waals surface area contributed by atoms with E-state index in [-0.39, 0.29) is 4.90 Å². The molecule has 1 aromatic heterocycles. The zero-order chi connectivity index (χ0) is 12.3. The summed E-state index contributed by atoms with van der Waals surface area (Å²) in [5.41, 5.74) is 1.45. The van der Waals surface area contributed by atoms with Crippen molar-refractivity contribution in [3.8, 4) is 0 Å². The number of rotatable bonds is 1. The van der Waals surface area contributed by atoms with Crippen LogP contribution < -0.4 is 0 Å². The van der Waals surface area contributed by atoms with Crippen LogP contribution in [0.25, 0.3) is 11.0 Å². The van der Waals surface area contributed by atoms with Crippen LogP contribution in [0.15, 0.2) is 33.8 Å². The third-order valence-electron chi connectivity index (χ3n) is 1.99. The largest absolute Gasteiger partial charge is 0.464 e. The third-order valence-corrected chi connectivity index (χ3v) is 3.33. The van der Waals surface area contributed by atoms with Crippen LogP contribution in [0.3, 0.4) is 0 Å². The van der Waals surface area contributed by atoms with Gasteiger partial charge in [0.25, 0.3) is 9.05 Å². The standard InChI is InChI=1S/C9H7ClO3S.C2H6/c1-6-4-8(14(10,11)12)5-7-2-3-13-9(6)7;1-2/h2-5H,1H3;1-2H3. The van der Waals surface area contributed by atoms with E-state index in [1.165, 1.54) is 18.4 Å². The van der Waals surface area contributed by atoms with Crippen molar-refractivity contribution in [1.82, 2.24) is 0 Å². The first-order chi connectivity index (χ1) is 7.48. The number of benzene rings is 1. The highest BCUT2D eigenvalue weighted by molar-refractivity contribution is 8.13. The Morgan fingerprint density at radius 2 is 1.88 bits per heavy atom. The summed E-state index contributed by atoms with van der Waals surface area (Å²) >= 11 is 0. The van der Waals surface area contributed by atoms with E-state index in [1.807, 2.05) is 13.8 Å². The number of hydrogen-bond acceptors (Lipinski definition) is 3. The maximum atomic E-state index is 11.1. The van der Waals surface area contributed by atoms with Gasteiger partial charge in [0.1, 0.15) is 5.58 Å². The highest BCUT2D eigenvalue weighted by Crippen LogP contribution is 2.25. The van der Waals surface area contributed by atoms with Crippen LogP contribution in [0, 0.1) is 6.92 Å². The lowest BCUT2D eigenvalue weighted by Crippen LogP contribution is -1.91. The smallest absolute Gasteiger partial charge is 0.261 e. The third kappa shape index (κ3) is 2.57. The van der Waals surface area contributed by atoms with Crippen molar-refractivity contribution in [2.24, 2.45) is 0 Å². The Labute approximate surface area is 99.4 Å². The SMILES string of the molecule is CC.Cc1cc(S(=O)(=O)Cl)cc2ccoc12. The minimum atomic E-state index is -3.66. The van der Waals surface area contributed by atoms with Crippen LogP contribution in [0.1, 0.15) is 19.4 Å². The van der Waals surface area contributed by atoms with Crippen molar-refractivity contribution in [2.45, 2.75) is 25.7 Å². The Morgan fingerprint density at radius 3 is 2.44 bits per heavy atom. The summed E-state index contributed by atoms with van der Waals surface area (Å²) in [4.78, 5) is 0.102. The fraction of sp³-hybridized carbons (Fsp3) is 0.273. The van der Waals surface area contributed by atoms with E-state index < -0.39 is 9.05 Å². The molecular weight excluding hydrogens is 248 g/mol. The van der Waals surface area contributed by atoms with Gasteiger partial charge < -0.3 is 4.42 Å². The van der Waals surface area contributed by atoms with Gasteiger partial charge in [-0.3, -0.25) is 0 Å². The maximum Gasteiger partial charge on any atom is 0.261 e. The molecule has 3 nitrogen and oxygen atoms in total. The van der Waals surface area contributed by atoms with E-state index in [0.29, 0.717) is 5.58 Å². The van der Waals surface area contributed by atoms with Gasteiger partial charge >= 0.3 is 0 Å². The van der Waals surface area contributed by atoms with Crippen molar-refractivity contribution < 1.29 is 12.8 Å². The minimum Gasteiger partial charge on any atom is -0.464 e. The molecule has 0 amide bonds. The predicted octanol–water partition coefficient (Wildman–Crippen LogP) is 3.69. The van der Waals surface area contributed by atoms with Gasteiger partial charge in [-0.15, -0.1) is 0 Å². The van der Waals surface area contributed by atoms with E-state index in [2.05, 4.69) is 0 Å². The van der Waals surface area contributed by atoms with Crippen molar-refractivity contribution in [1.29, 1.82) is 0 Å². The highest BCUT2D eigenvalue weighted by atomic mass is 35.7.